The molecular weight excluding hydrogens is 320 g/mol. The number of halogens is 1. The largest absolute Gasteiger partial charge is 0.399 e. The molecule has 0 aliphatic heterocycles. The highest BCUT2D eigenvalue weighted by Gasteiger charge is 2.14. The molecule has 6 heteroatoms. The highest BCUT2D eigenvalue weighted by Crippen LogP contribution is 2.25. The molecule has 0 radical (unpaired) electrons. The van der Waals surface area contributed by atoms with Gasteiger partial charge < -0.3 is 11.1 Å². The molecule has 0 saturated heterocycles. The number of aromatic nitrogens is 2. The van der Waals surface area contributed by atoms with Crippen LogP contribution < -0.4 is 11.1 Å². The Kier molecular flexibility index (Phi) is 4.34. The molecule has 0 aliphatic rings. The van der Waals surface area contributed by atoms with Crippen molar-refractivity contribution in [3.05, 3.63) is 45.7 Å². The third-order valence-corrected chi connectivity index (χ3v) is 3.50. The van der Waals surface area contributed by atoms with Crippen LogP contribution in [-0.2, 0) is 6.42 Å². The number of rotatable bonds is 3. The molecule has 0 fully saturated rings. The van der Waals surface area contributed by atoms with Gasteiger partial charge in [-0.1, -0.05) is 6.92 Å². The quantitative estimate of drug-likeness (QED) is 0.845. The van der Waals surface area contributed by atoms with Crippen molar-refractivity contribution >= 4 is 33.2 Å². The summed E-state index contributed by atoms with van der Waals surface area (Å²) in [5.41, 5.74) is 8.86. The zero-order chi connectivity index (χ0) is 14.7. The fourth-order valence-corrected chi connectivity index (χ4v) is 2.15. The average Bonchev–Trinajstić information content (AvgIpc) is 2.42. The van der Waals surface area contributed by atoms with Crippen LogP contribution in [0.15, 0.2) is 28.7 Å². The summed E-state index contributed by atoms with van der Waals surface area (Å²) >= 11 is 3.38. The molecule has 0 aliphatic carbocycles. The molecule has 104 valence electrons. The lowest BCUT2D eigenvalue weighted by Crippen LogP contribution is -2.16. The highest BCUT2D eigenvalue weighted by atomic mass is 79.9. The Morgan fingerprint density at radius 1 is 1.35 bits per heavy atom. The molecule has 1 aromatic heterocycles. The van der Waals surface area contributed by atoms with E-state index in [1.807, 2.05) is 6.92 Å². The predicted molar refractivity (Wildman–Crippen MR) is 82.7 cm³/mol. The van der Waals surface area contributed by atoms with Crippen LogP contribution in [-0.4, -0.2) is 16.1 Å². The molecule has 2 rings (SSSR count). The molecule has 1 amide bonds. The maximum absolute atomic E-state index is 12.4. The highest BCUT2D eigenvalue weighted by molar-refractivity contribution is 9.10. The second-order valence-corrected chi connectivity index (χ2v) is 5.25. The number of hydrogen-bond acceptors (Lipinski definition) is 4. The van der Waals surface area contributed by atoms with Crippen LogP contribution in [0.4, 0.5) is 11.4 Å². The standard InChI is InChI=1S/C14H15BrN4O/c1-3-12-10(6-8(2)18-19-12)14(20)17-13-7-9(16)4-5-11(13)15/h4-7H,3,16H2,1-2H3,(H,17,20). The lowest BCUT2D eigenvalue weighted by Gasteiger charge is -2.10. The minimum Gasteiger partial charge on any atom is -0.399 e. The predicted octanol–water partition coefficient (Wildman–Crippen LogP) is 2.94. The van der Waals surface area contributed by atoms with Gasteiger partial charge in [0.1, 0.15) is 0 Å². The molecule has 0 saturated carbocycles. The monoisotopic (exact) mass is 334 g/mol. The first-order valence-electron chi connectivity index (χ1n) is 6.21. The first-order chi connectivity index (χ1) is 9.51. The number of amides is 1. The Bertz CT molecular complexity index is 658. The fourth-order valence-electron chi connectivity index (χ4n) is 1.80. The van der Waals surface area contributed by atoms with E-state index in [1.54, 1.807) is 31.2 Å². The maximum Gasteiger partial charge on any atom is 0.257 e. The van der Waals surface area contributed by atoms with E-state index in [9.17, 15) is 4.79 Å². The summed E-state index contributed by atoms with van der Waals surface area (Å²) in [6.07, 6.45) is 0.647. The van der Waals surface area contributed by atoms with E-state index in [4.69, 9.17) is 5.73 Å². The first-order valence-corrected chi connectivity index (χ1v) is 7.00. The van der Waals surface area contributed by atoms with Gasteiger partial charge in [0.25, 0.3) is 5.91 Å². The molecular formula is C14H15BrN4O. The summed E-state index contributed by atoms with van der Waals surface area (Å²) in [7, 11) is 0. The van der Waals surface area contributed by atoms with Gasteiger partial charge in [0.15, 0.2) is 0 Å². The van der Waals surface area contributed by atoms with Crippen molar-refractivity contribution in [2.24, 2.45) is 0 Å². The number of nitrogens with one attached hydrogen (secondary N) is 1. The van der Waals surface area contributed by atoms with E-state index in [0.717, 1.165) is 4.47 Å². The lowest BCUT2D eigenvalue weighted by atomic mass is 10.1. The Hall–Kier alpha value is -1.95. The molecule has 0 spiro atoms. The van der Waals surface area contributed by atoms with Gasteiger partial charge in [-0.05, 0) is 53.5 Å². The minimum atomic E-state index is -0.217. The number of nitrogens with two attached hydrogens (primary N) is 1. The number of benzene rings is 1. The summed E-state index contributed by atoms with van der Waals surface area (Å²) in [6.45, 7) is 3.74. The second kappa shape index (κ2) is 6.00. The van der Waals surface area contributed by atoms with Crippen molar-refractivity contribution in [3.63, 3.8) is 0 Å². The van der Waals surface area contributed by atoms with Gasteiger partial charge in [-0.25, -0.2) is 0 Å². The topological polar surface area (TPSA) is 80.9 Å². The molecule has 1 aromatic carbocycles. The van der Waals surface area contributed by atoms with Crippen molar-refractivity contribution < 1.29 is 4.79 Å². The van der Waals surface area contributed by atoms with Gasteiger partial charge in [-0.3, -0.25) is 4.79 Å². The van der Waals surface area contributed by atoms with Gasteiger partial charge in [0, 0.05) is 10.2 Å². The smallest absolute Gasteiger partial charge is 0.257 e. The van der Waals surface area contributed by atoms with E-state index >= 15 is 0 Å². The third kappa shape index (κ3) is 3.14. The van der Waals surface area contributed by atoms with E-state index in [2.05, 4.69) is 31.4 Å². The molecule has 0 atom stereocenters. The number of carbonyl (C=O) groups is 1. The van der Waals surface area contributed by atoms with E-state index in [0.29, 0.717) is 34.7 Å². The summed E-state index contributed by atoms with van der Waals surface area (Å²) in [5.74, 6) is -0.217. The zero-order valence-corrected chi connectivity index (χ0v) is 12.9. The first kappa shape index (κ1) is 14.5. The molecule has 3 N–H and O–H groups in total. The van der Waals surface area contributed by atoms with Gasteiger partial charge >= 0.3 is 0 Å². The van der Waals surface area contributed by atoms with Crippen LogP contribution in [0.3, 0.4) is 0 Å². The van der Waals surface area contributed by atoms with Crippen LogP contribution >= 0.6 is 15.9 Å². The second-order valence-electron chi connectivity index (χ2n) is 4.39. The van der Waals surface area contributed by atoms with Crippen molar-refractivity contribution in [3.8, 4) is 0 Å². The number of aryl methyl sites for hydroxylation is 2. The minimum absolute atomic E-state index is 0.217. The Balaban J connectivity index is 2.32. The molecule has 2 aromatic rings. The van der Waals surface area contributed by atoms with Crippen LogP contribution in [0, 0.1) is 6.92 Å². The summed E-state index contributed by atoms with van der Waals surface area (Å²) in [5, 5.41) is 10.9. The Labute approximate surface area is 125 Å². The molecule has 0 bridgehead atoms. The third-order valence-electron chi connectivity index (χ3n) is 2.81. The van der Waals surface area contributed by atoms with Crippen LogP contribution in [0.2, 0.25) is 0 Å². The molecule has 20 heavy (non-hydrogen) atoms. The normalized spacial score (nSPS) is 10.3. The van der Waals surface area contributed by atoms with Gasteiger partial charge in [-0.2, -0.15) is 10.2 Å². The van der Waals surface area contributed by atoms with Gasteiger partial charge in [0.2, 0.25) is 0 Å². The van der Waals surface area contributed by atoms with Gasteiger partial charge in [0.05, 0.1) is 22.6 Å². The number of hydrogen-bond donors (Lipinski definition) is 2. The van der Waals surface area contributed by atoms with E-state index in [-0.39, 0.29) is 5.91 Å². The van der Waals surface area contributed by atoms with E-state index in [1.165, 1.54) is 0 Å². The van der Waals surface area contributed by atoms with Crippen molar-refractivity contribution in [2.45, 2.75) is 20.3 Å². The summed E-state index contributed by atoms with van der Waals surface area (Å²) in [4.78, 5) is 12.4. The number of nitrogen functional groups attached to an aromatic ring is 1. The molecule has 5 nitrogen and oxygen atoms in total. The lowest BCUT2D eigenvalue weighted by molar-refractivity contribution is 0.102. The average molecular weight is 335 g/mol. The molecule has 1 heterocycles. The van der Waals surface area contributed by atoms with Crippen molar-refractivity contribution in [1.82, 2.24) is 10.2 Å². The maximum atomic E-state index is 12.4. The number of nitrogens with zero attached hydrogens (tertiary/aromatic N) is 2. The van der Waals surface area contributed by atoms with Crippen molar-refractivity contribution in [2.75, 3.05) is 11.1 Å². The number of anilines is 2. The summed E-state index contributed by atoms with van der Waals surface area (Å²) in [6, 6.07) is 6.99. The van der Waals surface area contributed by atoms with Gasteiger partial charge in [-0.15, -0.1) is 0 Å². The Morgan fingerprint density at radius 2 is 2.10 bits per heavy atom. The fraction of sp³-hybridized carbons (Fsp3) is 0.214. The van der Waals surface area contributed by atoms with Crippen LogP contribution in [0.5, 0.6) is 0 Å². The van der Waals surface area contributed by atoms with E-state index < -0.39 is 0 Å². The molecule has 0 unspecified atom stereocenters. The van der Waals surface area contributed by atoms with Crippen LogP contribution in [0.1, 0.15) is 28.7 Å². The zero-order valence-electron chi connectivity index (χ0n) is 11.3. The van der Waals surface area contributed by atoms with Crippen LogP contribution in [0.25, 0.3) is 0 Å². The SMILES string of the molecule is CCc1nnc(C)cc1C(=O)Nc1cc(N)ccc1Br. The number of carbonyl (C=O) groups excluding carboxylic acids is 1. The Morgan fingerprint density at radius 3 is 2.80 bits per heavy atom. The summed E-state index contributed by atoms with van der Waals surface area (Å²) < 4.78 is 0.775. The van der Waals surface area contributed by atoms with Crippen molar-refractivity contribution in [1.29, 1.82) is 0 Å².